The fourth-order valence-electron chi connectivity index (χ4n) is 4.05. The summed E-state index contributed by atoms with van der Waals surface area (Å²) in [5.41, 5.74) is 2.38. The number of carbonyl (C=O) groups is 1. The van der Waals surface area contributed by atoms with Crippen molar-refractivity contribution in [3.63, 3.8) is 0 Å². The van der Waals surface area contributed by atoms with E-state index in [-0.39, 0.29) is 10.8 Å². The number of nitrogens with one attached hydrogen (secondary N) is 1. The molecule has 0 aliphatic carbocycles. The standard InChI is InChI=1S/C24H33N3O3S/c25-31(29,30)23-10-8-21(9-11-23)12-16-26-24(28)15-19-27-17-13-22(14-18-27)7-6-20-4-2-1-3-5-20/h1-5,8-11,22H,6-7,12-19H2,(H,26,28)(H2,25,29,30). The first-order valence-corrected chi connectivity index (χ1v) is 12.6. The molecule has 3 rings (SSSR count). The van der Waals surface area contributed by atoms with Gasteiger partial charge in [-0.1, -0.05) is 42.5 Å². The Bertz CT molecular complexity index is 922. The van der Waals surface area contributed by atoms with Gasteiger partial charge >= 0.3 is 0 Å². The Labute approximate surface area is 185 Å². The Morgan fingerprint density at radius 2 is 1.61 bits per heavy atom. The summed E-state index contributed by atoms with van der Waals surface area (Å²) in [6, 6.07) is 17.1. The van der Waals surface area contributed by atoms with Crippen LogP contribution >= 0.6 is 0 Å². The number of rotatable bonds is 10. The minimum Gasteiger partial charge on any atom is -0.356 e. The maximum Gasteiger partial charge on any atom is 0.238 e. The summed E-state index contributed by atoms with van der Waals surface area (Å²) in [5.74, 6) is 0.846. The van der Waals surface area contributed by atoms with Crippen molar-refractivity contribution >= 4 is 15.9 Å². The van der Waals surface area contributed by atoms with Crippen LogP contribution in [0.2, 0.25) is 0 Å². The highest BCUT2D eigenvalue weighted by Crippen LogP contribution is 2.22. The van der Waals surface area contributed by atoms with E-state index in [2.05, 4.69) is 40.5 Å². The lowest BCUT2D eigenvalue weighted by atomic mass is 9.90. The molecule has 0 unspecified atom stereocenters. The third kappa shape index (κ3) is 8.09. The van der Waals surface area contributed by atoms with Gasteiger partial charge in [0.2, 0.25) is 15.9 Å². The van der Waals surface area contributed by atoms with E-state index in [1.807, 2.05) is 0 Å². The monoisotopic (exact) mass is 443 g/mol. The molecule has 0 bridgehead atoms. The Kier molecular flexibility index (Phi) is 8.63. The van der Waals surface area contributed by atoms with Gasteiger partial charge < -0.3 is 10.2 Å². The van der Waals surface area contributed by atoms with Crippen molar-refractivity contribution in [1.82, 2.24) is 10.2 Å². The molecule has 0 atom stereocenters. The Hall–Kier alpha value is -2.22. The van der Waals surface area contributed by atoms with Gasteiger partial charge in [0.25, 0.3) is 0 Å². The van der Waals surface area contributed by atoms with Gasteiger partial charge in [-0.2, -0.15) is 0 Å². The smallest absolute Gasteiger partial charge is 0.238 e. The van der Waals surface area contributed by atoms with Gasteiger partial charge in [0.1, 0.15) is 0 Å². The summed E-state index contributed by atoms with van der Waals surface area (Å²) < 4.78 is 22.6. The number of amides is 1. The fraction of sp³-hybridized carbons (Fsp3) is 0.458. The fourth-order valence-corrected chi connectivity index (χ4v) is 4.57. The summed E-state index contributed by atoms with van der Waals surface area (Å²) in [6.45, 7) is 3.49. The molecule has 1 amide bonds. The van der Waals surface area contributed by atoms with Crippen LogP contribution in [0, 0.1) is 5.92 Å². The molecular formula is C24H33N3O3S. The maximum absolute atomic E-state index is 12.2. The highest BCUT2D eigenvalue weighted by molar-refractivity contribution is 7.89. The topological polar surface area (TPSA) is 92.5 Å². The molecule has 0 radical (unpaired) electrons. The lowest BCUT2D eigenvalue weighted by Crippen LogP contribution is -2.37. The number of nitrogens with two attached hydrogens (primary N) is 1. The van der Waals surface area contributed by atoms with Crippen LogP contribution < -0.4 is 10.5 Å². The Balaban J connectivity index is 1.27. The van der Waals surface area contributed by atoms with Crippen LogP contribution in [0.4, 0.5) is 0 Å². The van der Waals surface area contributed by atoms with Crippen molar-refractivity contribution in [1.29, 1.82) is 0 Å². The van der Waals surface area contributed by atoms with E-state index in [4.69, 9.17) is 5.14 Å². The predicted octanol–water partition coefficient (Wildman–Crippen LogP) is 2.73. The molecule has 6 nitrogen and oxygen atoms in total. The SMILES string of the molecule is NS(=O)(=O)c1ccc(CCNC(=O)CCN2CCC(CCc3ccccc3)CC2)cc1. The van der Waals surface area contributed by atoms with Crippen LogP contribution in [0.5, 0.6) is 0 Å². The highest BCUT2D eigenvalue weighted by atomic mass is 32.2. The normalized spacial score (nSPS) is 15.6. The van der Waals surface area contributed by atoms with Crippen molar-refractivity contribution in [2.45, 2.75) is 43.4 Å². The Morgan fingerprint density at radius 3 is 2.26 bits per heavy atom. The first-order chi connectivity index (χ1) is 14.9. The minimum atomic E-state index is -3.67. The second kappa shape index (κ2) is 11.4. The molecule has 3 N–H and O–H groups in total. The van der Waals surface area contributed by atoms with Crippen molar-refractivity contribution in [2.24, 2.45) is 11.1 Å². The number of sulfonamides is 1. The molecule has 1 aliphatic heterocycles. The van der Waals surface area contributed by atoms with Gasteiger partial charge in [0, 0.05) is 19.5 Å². The zero-order valence-corrected chi connectivity index (χ0v) is 18.8. The molecule has 168 valence electrons. The molecule has 2 aromatic rings. The van der Waals surface area contributed by atoms with Gasteiger partial charge in [0.15, 0.2) is 0 Å². The molecule has 1 aliphatic rings. The van der Waals surface area contributed by atoms with Gasteiger partial charge in [0.05, 0.1) is 4.90 Å². The number of carbonyl (C=O) groups excluding carboxylic acids is 1. The zero-order chi connectivity index (χ0) is 22.1. The van der Waals surface area contributed by atoms with E-state index in [0.29, 0.717) is 19.4 Å². The van der Waals surface area contributed by atoms with Gasteiger partial charge in [-0.25, -0.2) is 13.6 Å². The predicted molar refractivity (Wildman–Crippen MR) is 123 cm³/mol. The average Bonchev–Trinajstić information content (AvgIpc) is 2.77. The number of hydrogen-bond donors (Lipinski definition) is 2. The Morgan fingerprint density at radius 1 is 0.968 bits per heavy atom. The number of benzene rings is 2. The van der Waals surface area contributed by atoms with Crippen LogP contribution in [0.3, 0.4) is 0 Å². The number of piperidine rings is 1. The summed E-state index contributed by atoms with van der Waals surface area (Å²) in [7, 11) is -3.67. The molecule has 0 aromatic heterocycles. The number of nitrogens with zero attached hydrogens (tertiary/aromatic N) is 1. The van der Waals surface area contributed by atoms with Crippen LogP contribution in [0.1, 0.15) is 36.8 Å². The van der Waals surface area contributed by atoms with Gasteiger partial charge in [-0.3, -0.25) is 4.79 Å². The van der Waals surface area contributed by atoms with Crippen molar-refractivity contribution < 1.29 is 13.2 Å². The van der Waals surface area contributed by atoms with Crippen molar-refractivity contribution in [3.05, 3.63) is 65.7 Å². The molecule has 0 spiro atoms. The maximum atomic E-state index is 12.2. The number of hydrogen-bond acceptors (Lipinski definition) is 4. The first kappa shape index (κ1) is 23.4. The quantitative estimate of drug-likeness (QED) is 0.591. The van der Waals surface area contributed by atoms with E-state index in [1.54, 1.807) is 12.1 Å². The van der Waals surface area contributed by atoms with Crippen LogP contribution in [-0.4, -0.2) is 45.4 Å². The molecule has 7 heteroatoms. The molecule has 1 fully saturated rings. The van der Waals surface area contributed by atoms with E-state index >= 15 is 0 Å². The summed E-state index contributed by atoms with van der Waals surface area (Å²) >= 11 is 0. The summed E-state index contributed by atoms with van der Waals surface area (Å²) in [6.07, 6.45) is 5.99. The lowest BCUT2D eigenvalue weighted by Gasteiger charge is -2.31. The van der Waals surface area contributed by atoms with E-state index in [9.17, 15) is 13.2 Å². The van der Waals surface area contributed by atoms with E-state index in [1.165, 1.54) is 37.0 Å². The first-order valence-electron chi connectivity index (χ1n) is 11.0. The average molecular weight is 444 g/mol. The number of primary sulfonamides is 1. The zero-order valence-electron chi connectivity index (χ0n) is 18.0. The van der Waals surface area contributed by atoms with Crippen LogP contribution in [-0.2, 0) is 27.7 Å². The third-order valence-corrected chi connectivity index (χ3v) is 6.96. The second-order valence-corrected chi connectivity index (χ2v) is 9.91. The molecule has 31 heavy (non-hydrogen) atoms. The van der Waals surface area contributed by atoms with Crippen molar-refractivity contribution in [2.75, 3.05) is 26.2 Å². The molecule has 1 saturated heterocycles. The van der Waals surface area contributed by atoms with Gasteiger partial charge in [-0.05, 0) is 74.4 Å². The van der Waals surface area contributed by atoms with Crippen LogP contribution in [0.25, 0.3) is 0 Å². The summed E-state index contributed by atoms with van der Waals surface area (Å²) in [5, 5.41) is 8.05. The van der Waals surface area contributed by atoms with E-state index in [0.717, 1.165) is 37.5 Å². The molecule has 0 saturated carbocycles. The minimum absolute atomic E-state index is 0.0624. The molecular weight excluding hydrogens is 410 g/mol. The molecule has 1 heterocycles. The largest absolute Gasteiger partial charge is 0.356 e. The van der Waals surface area contributed by atoms with Crippen molar-refractivity contribution in [3.8, 4) is 0 Å². The second-order valence-electron chi connectivity index (χ2n) is 8.35. The highest BCUT2D eigenvalue weighted by Gasteiger charge is 2.19. The number of aryl methyl sites for hydroxylation is 1. The summed E-state index contributed by atoms with van der Waals surface area (Å²) in [4.78, 5) is 14.6. The third-order valence-electron chi connectivity index (χ3n) is 6.03. The molecule has 2 aromatic carbocycles. The lowest BCUT2D eigenvalue weighted by molar-refractivity contribution is -0.121. The van der Waals surface area contributed by atoms with Crippen LogP contribution in [0.15, 0.2) is 59.5 Å². The van der Waals surface area contributed by atoms with E-state index < -0.39 is 10.0 Å². The number of likely N-dealkylation sites (tertiary alicyclic amines) is 1. The van der Waals surface area contributed by atoms with Gasteiger partial charge in [-0.15, -0.1) is 0 Å².